The summed E-state index contributed by atoms with van der Waals surface area (Å²) in [6, 6.07) is 3.32. The quantitative estimate of drug-likeness (QED) is 0.833. The Morgan fingerprint density at radius 3 is 2.55 bits per heavy atom. The Morgan fingerprint density at radius 2 is 1.95 bits per heavy atom. The number of hydrogen-bond acceptors (Lipinski definition) is 4. The number of hydrogen-bond donors (Lipinski definition) is 2. The molecule has 1 fully saturated rings. The first-order valence-electron chi connectivity index (χ1n) is 6.72. The predicted molar refractivity (Wildman–Crippen MR) is 79.1 cm³/mol. The number of ether oxygens (including phenoxy) is 1. The van der Waals surface area contributed by atoms with Gasteiger partial charge in [-0.2, -0.15) is 0 Å². The van der Waals surface area contributed by atoms with Crippen molar-refractivity contribution >= 4 is 15.7 Å². The maximum Gasteiger partial charge on any atom is 0.243 e. The second kappa shape index (κ2) is 5.35. The van der Waals surface area contributed by atoms with Gasteiger partial charge in [0.1, 0.15) is 4.90 Å². The summed E-state index contributed by atoms with van der Waals surface area (Å²) in [5.74, 6) is 0. The highest BCUT2D eigenvalue weighted by Crippen LogP contribution is 2.26. The molecule has 0 spiro atoms. The lowest BCUT2D eigenvalue weighted by atomic mass is 9.97. The van der Waals surface area contributed by atoms with E-state index in [2.05, 4.69) is 4.72 Å². The molecule has 2 rings (SSSR count). The van der Waals surface area contributed by atoms with E-state index in [4.69, 9.17) is 10.5 Å². The number of aryl methyl sites for hydroxylation is 2. The molecule has 1 aromatic rings. The largest absolute Gasteiger partial charge is 0.398 e. The smallest absolute Gasteiger partial charge is 0.243 e. The molecular weight excluding hydrogens is 276 g/mol. The lowest BCUT2D eigenvalue weighted by Gasteiger charge is -2.34. The van der Waals surface area contributed by atoms with Gasteiger partial charge in [-0.1, -0.05) is 0 Å². The van der Waals surface area contributed by atoms with Crippen molar-refractivity contribution in [2.75, 3.05) is 18.9 Å². The van der Waals surface area contributed by atoms with Gasteiger partial charge in [0.05, 0.1) is 17.8 Å². The third-order valence-electron chi connectivity index (χ3n) is 3.73. The maximum absolute atomic E-state index is 12.5. The minimum Gasteiger partial charge on any atom is -0.398 e. The third kappa shape index (κ3) is 3.13. The summed E-state index contributed by atoms with van der Waals surface area (Å²) in [6.45, 7) is 6.71. The lowest BCUT2D eigenvalue weighted by molar-refractivity contribution is 0.0386. The van der Waals surface area contributed by atoms with E-state index in [1.54, 1.807) is 12.1 Å². The molecule has 1 saturated heterocycles. The van der Waals surface area contributed by atoms with Gasteiger partial charge >= 0.3 is 0 Å². The van der Waals surface area contributed by atoms with E-state index in [0.29, 0.717) is 13.2 Å². The van der Waals surface area contributed by atoms with Crippen molar-refractivity contribution in [2.45, 2.75) is 44.0 Å². The Labute approximate surface area is 120 Å². The first-order chi connectivity index (χ1) is 9.23. The monoisotopic (exact) mass is 298 g/mol. The van der Waals surface area contributed by atoms with Crippen LogP contribution in [0.5, 0.6) is 0 Å². The van der Waals surface area contributed by atoms with Crippen molar-refractivity contribution in [2.24, 2.45) is 0 Å². The van der Waals surface area contributed by atoms with Gasteiger partial charge in [0.2, 0.25) is 10.0 Å². The van der Waals surface area contributed by atoms with Crippen LogP contribution in [0.2, 0.25) is 0 Å². The first-order valence-corrected chi connectivity index (χ1v) is 8.20. The molecule has 1 unspecified atom stereocenters. The fourth-order valence-electron chi connectivity index (χ4n) is 2.44. The summed E-state index contributed by atoms with van der Waals surface area (Å²) in [6.07, 6.45) is 1.61. The Balaban J connectivity index is 2.33. The summed E-state index contributed by atoms with van der Waals surface area (Å²) in [4.78, 5) is 0.146. The minimum absolute atomic E-state index is 0.146. The number of benzene rings is 1. The van der Waals surface area contributed by atoms with Crippen LogP contribution in [-0.4, -0.2) is 27.2 Å². The fourth-order valence-corrected chi connectivity index (χ4v) is 4.06. The van der Waals surface area contributed by atoms with Gasteiger partial charge in [-0.3, -0.25) is 0 Å². The number of nitrogen functional groups attached to an aromatic ring is 1. The molecule has 3 N–H and O–H groups in total. The first kappa shape index (κ1) is 15.3. The molecule has 1 aromatic carbocycles. The lowest BCUT2D eigenvalue weighted by Crippen LogP contribution is -2.51. The van der Waals surface area contributed by atoms with E-state index in [0.717, 1.165) is 24.0 Å². The number of sulfonamides is 1. The number of nitrogens with two attached hydrogens (primary N) is 1. The van der Waals surface area contributed by atoms with Crippen LogP contribution in [0.1, 0.15) is 30.9 Å². The van der Waals surface area contributed by atoms with Gasteiger partial charge < -0.3 is 10.5 Å². The van der Waals surface area contributed by atoms with Crippen molar-refractivity contribution in [1.82, 2.24) is 4.72 Å². The molecule has 1 atom stereocenters. The number of nitrogens with one attached hydrogen (secondary N) is 1. The van der Waals surface area contributed by atoms with Crippen LogP contribution in [0.3, 0.4) is 0 Å². The highest BCUT2D eigenvalue weighted by Gasteiger charge is 2.33. The van der Waals surface area contributed by atoms with Crippen molar-refractivity contribution in [3.05, 3.63) is 23.3 Å². The van der Waals surface area contributed by atoms with Crippen LogP contribution in [0.15, 0.2) is 17.0 Å². The molecule has 0 aromatic heterocycles. The zero-order valence-electron chi connectivity index (χ0n) is 12.2. The normalized spacial score (nSPS) is 23.8. The molecule has 20 heavy (non-hydrogen) atoms. The van der Waals surface area contributed by atoms with Crippen molar-refractivity contribution in [3.8, 4) is 0 Å². The van der Waals surface area contributed by atoms with E-state index in [9.17, 15) is 8.42 Å². The van der Waals surface area contributed by atoms with Crippen LogP contribution in [0.4, 0.5) is 5.69 Å². The summed E-state index contributed by atoms with van der Waals surface area (Å²) in [7, 11) is -3.64. The van der Waals surface area contributed by atoms with Crippen LogP contribution < -0.4 is 10.5 Å². The second-order valence-electron chi connectivity index (χ2n) is 5.80. The Hall–Kier alpha value is -1.11. The molecular formula is C14H22N2O3S. The van der Waals surface area contributed by atoms with Gasteiger partial charge in [0, 0.05) is 6.61 Å². The summed E-state index contributed by atoms with van der Waals surface area (Å²) < 4.78 is 33.2. The molecule has 6 heteroatoms. The summed E-state index contributed by atoms with van der Waals surface area (Å²) >= 11 is 0. The van der Waals surface area contributed by atoms with Crippen LogP contribution >= 0.6 is 0 Å². The summed E-state index contributed by atoms with van der Waals surface area (Å²) in [5.41, 5.74) is 7.47. The van der Waals surface area contributed by atoms with Gasteiger partial charge in [-0.05, 0) is 56.9 Å². The molecule has 1 aliphatic heterocycles. The van der Waals surface area contributed by atoms with Crippen LogP contribution in [0.25, 0.3) is 0 Å². The molecule has 0 bridgehead atoms. The van der Waals surface area contributed by atoms with E-state index in [-0.39, 0.29) is 10.6 Å². The second-order valence-corrected chi connectivity index (χ2v) is 7.45. The predicted octanol–water partition coefficient (Wildman–Crippen LogP) is 1.73. The van der Waals surface area contributed by atoms with E-state index < -0.39 is 15.6 Å². The van der Waals surface area contributed by atoms with Crippen molar-refractivity contribution in [3.63, 3.8) is 0 Å². The van der Waals surface area contributed by atoms with Crippen LogP contribution in [-0.2, 0) is 14.8 Å². The molecule has 0 aliphatic carbocycles. The zero-order valence-corrected chi connectivity index (χ0v) is 13.0. The van der Waals surface area contributed by atoms with E-state index >= 15 is 0 Å². The molecule has 1 heterocycles. The van der Waals surface area contributed by atoms with Gasteiger partial charge in [0.15, 0.2) is 0 Å². The Kier molecular flexibility index (Phi) is 4.09. The molecule has 0 saturated carbocycles. The molecule has 0 radical (unpaired) electrons. The SMILES string of the molecule is Cc1cc(N)c(S(=O)(=O)NC2(C)CCCOC2)cc1C. The maximum atomic E-state index is 12.5. The average Bonchev–Trinajstić information content (AvgIpc) is 2.33. The van der Waals surface area contributed by atoms with Crippen molar-refractivity contribution in [1.29, 1.82) is 0 Å². The van der Waals surface area contributed by atoms with E-state index in [1.807, 2.05) is 20.8 Å². The standard InChI is InChI=1S/C14H22N2O3S/c1-10-7-12(15)13(8-11(10)2)20(17,18)16-14(3)5-4-6-19-9-14/h7-8,16H,4-6,9,15H2,1-3H3. The minimum atomic E-state index is -3.64. The highest BCUT2D eigenvalue weighted by molar-refractivity contribution is 7.89. The highest BCUT2D eigenvalue weighted by atomic mass is 32.2. The zero-order chi connectivity index (χ0) is 15.0. The average molecular weight is 298 g/mol. The van der Waals surface area contributed by atoms with Gasteiger partial charge in [-0.25, -0.2) is 13.1 Å². The Morgan fingerprint density at radius 1 is 1.30 bits per heavy atom. The fraction of sp³-hybridized carbons (Fsp3) is 0.571. The van der Waals surface area contributed by atoms with Gasteiger partial charge in [0.25, 0.3) is 0 Å². The van der Waals surface area contributed by atoms with E-state index in [1.165, 1.54) is 0 Å². The molecule has 112 valence electrons. The number of rotatable bonds is 3. The summed E-state index contributed by atoms with van der Waals surface area (Å²) in [5, 5.41) is 0. The third-order valence-corrected chi connectivity index (χ3v) is 5.43. The van der Waals surface area contributed by atoms with Crippen LogP contribution in [0, 0.1) is 13.8 Å². The molecule has 0 amide bonds. The van der Waals surface area contributed by atoms with Gasteiger partial charge in [-0.15, -0.1) is 0 Å². The molecule has 1 aliphatic rings. The van der Waals surface area contributed by atoms with Crippen molar-refractivity contribution < 1.29 is 13.2 Å². The topological polar surface area (TPSA) is 81.4 Å². The molecule has 5 nitrogen and oxygen atoms in total. The number of anilines is 1. The Bertz CT molecular complexity index is 605.